The summed E-state index contributed by atoms with van der Waals surface area (Å²) in [5.41, 5.74) is 3.13. The molecule has 4 aromatic rings. The molecule has 0 bridgehead atoms. The van der Waals surface area contributed by atoms with Crippen molar-refractivity contribution in [3.8, 4) is 11.8 Å². The minimum atomic E-state index is -0.580. The molecule has 214 valence electrons. The molecule has 1 fully saturated rings. The molecule has 2 amide bonds. The lowest BCUT2D eigenvalue weighted by Crippen LogP contribution is -2.40. The van der Waals surface area contributed by atoms with Crippen molar-refractivity contribution in [2.75, 3.05) is 29.6 Å². The number of nitrogens with one attached hydrogen (secondary N) is 3. The fourth-order valence-electron chi connectivity index (χ4n) is 5.13. The van der Waals surface area contributed by atoms with Gasteiger partial charge in [-0.3, -0.25) is 9.59 Å². The molecule has 3 aromatic carbocycles. The van der Waals surface area contributed by atoms with E-state index in [1.165, 1.54) is 12.1 Å². The normalized spacial score (nSPS) is 16.2. The first-order valence-corrected chi connectivity index (χ1v) is 14.5. The second kappa shape index (κ2) is 13.2. The molecule has 1 aliphatic rings. The third kappa shape index (κ3) is 7.14. The molecule has 9 heteroatoms. The van der Waals surface area contributed by atoms with E-state index in [-0.39, 0.29) is 34.3 Å². The van der Waals surface area contributed by atoms with Crippen molar-refractivity contribution in [1.29, 1.82) is 0 Å². The van der Waals surface area contributed by atoms with E-state index in [1.807, 2.05) is 50.5 Å². The van der Waals surface area contributed by atoms with Crippen LogP contribution >= 0.6 is 23.2 Å². The third-order valence-corrected chi connectivity index (χ3v) is 7.74. The number of pyridine rings is 1. The summed E-state index contributed by atoms with van der Waals surface area (Å²) in [5.74, 6) is 5.26. The summed E-state index contributed by atoms with van der Waals surface area (Å²) in [6.45, 7) is 0. The first-order valence-electron chi connectivity index (χ1n) is 13.8. The first-order chi connectivity index (χ1) is 20.3. The van der Waals surface area contributed by atoms with Gasteiger partial charge in [0.1, 0.15) is 5.82 Å². The quantitative estimate of drug-likeness (QED) is 0.213. The van der Waals surface area contributed by atoms with E-state index in [1.54, 1.807) is 12.1 Å². The van der Waals surface area contributed by atoms with Gasteiger partial charge in [0.25, 0.3) is 5.91 Å². The van der Waals surface area contributed by atoms with E-state index in [2.05, 4.69) is 44.8 Å². The lowest BCUT2D eigenvalue weighted by Gasteiger charge is -2.30. The van der Waals surface area contributed by atoms with Crippen LogP contribution in [0.3, 0.4) is 0 Å². The van der Waals surface area contributed by atoms with Crippen LogP contribution in [0.2, 0.25) is 10.0 Å². The molecule has 1 aromatic heterocycles. The van der Waals surface area contributed by atoms with Crippen LogP contribution < -0.4 is 20.9 Å². The van der Waals surface area contributed by atoms with Gasteiger partial charge in [-0.2, -0.15) is 0 Å². The molecule has 0 aliphatic heterocycles. The number of para-hydroxylation sites is 1. The number of halogens is 2. The number of amides is 2. The Bertz CT molecular complexity index is 1670. The molecule has 7 nitrogen and oxygen atoms in total. The van der Waals surface area contributed by atoms with Gasteiger partial charge in [0.15, 0.2) is 0 Å². The average molecular weight is 601 g/mol. The molecule has 1 heterocycles. The van der Waals surface area contributed by atoms with Crippen LogP contribution in [0, 0.1) is 11.8 Å². The Morgan fingerprint density at radius 2 is 1.60 bits per heavy atom. The molecular formula is C33H31Cl2N5O2. The highest BCUT2D eigenvalue weighted by Gasteiger charge is 2.25. The number of rotatable bonds is 6. The van der Waals surface area contributed by atoms with Crippen LogP contribution in [0.4, 0.5) is 17.2 Å². The summed E-state index contributed by atoms with van der Waals surface area (Å²) in [6, 6.07) is 22.6. The van der Waals surface area contributed by atoms with Crippen LogP contribution in [-0.4, -0.2) is 43.0 Å². The summed E-state index contributed by atoms with van der Waals surface area (Å²) in [7, 11) is 4.06. The topological polar surface area (TPSA) is 86.4 Å². The van der Waals surface area contributed by atoms with Gasteiger partial charge in [-0.15, -0.1) is 0 Å². The predicted molar refractivity (Wildman–Crippen MR) is 172 cm³/mol. The van der Waals surface area contributed by atoms with Crippen molar-refractivity contribution in [3.05, 3.63) is 94.0 Å². The molecule has 5 rings (SSSR count). The highest BCUT2D eigenvalue weighted by molar-refractivity contribution is 6.38. The van der Waals surface area contributed by atoms with E-state index >= 15 is 0 Å². The van der Waals surface area contributed by atoms with Gasteiger partial charge < -0.3 is 20.9 Å². The van der Waals surface area contributed by atoms with Gasteiger partial charge in [-0.05, 0) is 56.0 Å². The maximum absolute atomic E-state index is 13.4. The Morgan fingerprint density at radius 1 is 0.905 bits per heavy atom. The maximum Gasteiger partial charge on any atom is 0.300 e. The Hall–Kier alpha value is -4.25. The third-order valence-electron chi connectivity index (χ3n) is 7.22. The van der Waals surface area contributed by atoms with Gasteiger partial charge in [-0.1, -0.05) is 65.5 Å². The number of benzene rings is 3. The number of carbonyl (C=O) groups excluding carboxylic acids is 2. The van der Waals surface area contributed by atoms with Gasteiger partial charge >= 0.3 is 5.91 Å². The van der Waals surface area contributed by atoms with Crippen molar-refractivity contribution in [3.63, 3.8) is 0 Å². The Balaban J connectivity index is 1.22. The maximum atomic E-state index is 13.4. The van der Waals surface area contributed by atoms with Crippen molar-refractivity contribution in [2.45, 2.75) is 37.8 Å². The van der Waals surface area contributed by atoms with E-state index in [9.17, 15) is 9.59 Å². The number of carbonyl (C=O) groups is 2. The number of anilines is 3. The first kappa shape index (κ1) is 29.2. The number of hydrogen-bond donors (Lipinski definition) is 3. The highest BCUT2D eigenvalue weighted by Crippen LogP contribution is 2.32. The van der Waals surface area contributed by atoms with Crippen molar-refractivity contribution in [1.82, 2.24) is 10.3 Å². The highest BCUT2D eigenvalue weighted by atomic mass is 35.5. The van der Waals surface area contributed by atoms with E-state index in [4.69, 9.17) is 28.2 Å². The van der Waals surface area contributed by atoms with E-state index in [0.717, 1.165) is 48.1 Å². The summed E-state index contributed by atoms with van der Waals surface area (Å²) in [6.07, 6.45) is 3.31. The zero-order valence-corrected chi connectivity index (χ0v) is 24.9. The van der Waals surface area contributed by atoms with Crippen LogP contribution in [0.25, 0.3) is 10.9 Å². The zero-order chi connectivity index (χ0) is 29.6. The van der Waals surface area contributed by atoms with Gasteiger partial charge in [-0.25, -0.2) is 4.98 Å². The smallest absolute Gasteiger partial charge is 0.300 e. The number of fused-ring (bicyclic) bond motifs is 1. The van der Waals surface area contributed by atoms with Gasteiger partial charge in [0.2, 0.25) is 0 Å². The lowest BCUT2D eigenvalue weighted by molar-refractivity contribution is -0.111. The predicted octanol–water partition coefficient (Wildman–Crippen LogP) is 6.75. The SMILES string of the molecule is CN(C)c1cc(NC2CCC(NC(=O)c3cc(Cl)cc(Cl)c3NC(=O)C#Cc3ccccc3)CC2)nc2ccccc12. The summed E-state index contributed by atoms with van der Waals surface area (Å²) in [5, 5.41) is 10.9. The van der Waals surface area contributed by atoms with Crippen LogP contribution in [0.1, 0.15) is 41.6 Å². The largest absolute Gasteiger partial charge is 0.377 e. The monoisotopic (exact) mass is 599 g/mol. The lowest BCUT2D eigenvalue weighted by atomic mass is 9.91. The molecule has 1 saturated carbocycles. The summed E-state index contributed by atoms with van der Waals surface area (Å²) >= 11 is 12.6. The summed E-state index contributed by atoms with van der Waals surface area (Å²) < 4.78 is 0. The second-order valence-corrected chi connectivity index (χ2v) is 11.3. The number of aromatic nitrogens is 1. The Labute approximate surface area is 255 Å². The molecule has 0 unspecified atom stereocenters. The van der Waals surface area contributed by atoms with Crippen molar-refractivity contribution < 1.29 is 9.59 Å². The van der Waals surface area contributed by atoms with Crippen molar-refractivity contribution >= 4 is 63.1 Å². The fourth-order valence-corrected chi connectivity index (χ4v) is 5.67. The van der Waals surface area contributed by atoms with E-state index < -0.39 is 5.91 Å². The van der Waals surface area contributed by atoms with Crippen LogP contribution in [0.5, 0.6) is 0 Å². The van der Waals surface area contributed by atoms with Crippen LogP contribution in [-0.2, 0) is 4.79 Å². The minimum absolute atomic E-state index is 0.0309. The summed E-state index contributed by atoms with van der Waals surface area (Å²) in [4.78, 5) is 32.8. The van der Waals surface area contributed by atoms with Gasteiger partial charge in [0.05, 0.1) is 21.8 Å². The molecule has 3 N–H and O–H groups in total. The van der Waals surface area contributed by atoms with Crippen molar-refractivity contribution in [2.24, 2.45) is 0 Å². The Morgan fingerprint density at radius 3 is 2.33 bits per heavy atom. The molecule has 1 aliphatic carbocycles. The molecule has 0 radical (unpaired) electrons. The van der Waals surface area contributed by atoms with Crippen LogP contribution in [0.15, 0.2) is 72.8 Å². The molecule has 42 heavy (non-hydrogen) atoms. The zero-order valence-electron chi connectivity index (χ0n) is 23.4. The minimum Gasteiger partial charge on any atom is -0.377 e. The molecule has 0 atom stereocenters. The standard InChI is InChI=1S/C33H31Cl2N5O2/c1-40(2)29-20-30(38-28-11-7-6-10-25(28)29)36-23-13-15-24(16-14-23)37-33(42)26-18-22(34)19-27(35)32(26)39-31(41)17-12-21-8-4-3-5-9-21/h3-11,18-20,23-24H,13-16H2,1-2H3,(H,36,38)(H,37,42)(H,39,41). The second-order valence-electron chi connectivity index (χ2n) is 10.5. The molecule has 0 spiro atoms. The van der Waals surface area contributed by atoms with Gasteiger partial charge in [0, 0.05) is 59.8 Å². The molecule has 0 saturated heterocycles. The number of nitrogens with zero attached hydrogens (tertiary/aromatic N) is 2. The van der Waals surface area contributed by atoms with E-state index in [0.29, 0.717) is 10.6 Å². The number of hydrogen-bond acceptors (Lipinski definition) is 5. The molecular weight excluding hydrogens is 569 g/mol. The Kier molecular flexibility index (Phi) is 9.16. The average Bonchev–Trinajstić information content (AvgIpc) is 2.98. The fraction of sp³-hybridized carbons (Fsp3) is 0.242.